The molecule has 0 rings (SSSR count). The molecule has 0 N–H and O–H groups in total. The fourth-order valence-electron chi connectivity index (χ4n) is 0. The summed E-state index contributed by atoms with van der Waals surface area (Å²) in [5, 5.41) is 0. The third-order valence-electron chi connectivity index (χ3n) is 0. The first kappa shape index (κ1) is 36.0. The molecule has 0 radical (unpaired) electrons. The molecular weight excluding hydrogens is 221 g/mol. The SMILES string of the molecule is [BH3-]C(C)=O.[BH3-]C(C)=O.[BH3-]C(C)=O.[Na+].[Na+].[Na+]. The van der Waals surface area contributed by atoms with Crippen LogP contribution in [0.15, 0.2) is 0 Å². The van der Waals surface area contributed by atoms with Crippen LogP contribution < -0.4 is 88.7 Å². The Bertz CT molecular complexity index is 126. The Kier molecular flexibility index (Phi) is 71.6. The Hall–Kier alpha value is 2.20. The molecule has 0 aliphatic heterocycles. The maximum atomic E-state index is 9.56. The first-order valence-corrected chi connectivity index (χ1v) is 2.11. The van der Waals surface area contributed by atoms with Crippen LogP contribution in [-0.4, -0.2) is 40.6 Å². The number of rotatable bonds is 0. The summed E-state index contributed by atoms with van der Waals surface area (Å²) in [5.41, 5.74) is 1.25. The summed E-state index contributed by atoms with van der Waals surface area (Å²) in [6.07, 6.45) is 0. The average Bonchev–Trinajstić information content (AvgIpc) is 1.54. The normalized spacial score (nSPS) is 5.20. The summed E-state index contributed by atoms with van der Waals surface area (Å²) < 4.78 is 0. The zero-order chi connectivity index (χ0) is 10.7. The van der Waals surface area contributed by atoms with Crippen LogP contribution >= 0.6 is 0 Å². The maximum Gasteiger partial charge on any atom is 1.00 e. The van der Waals surface area contributed by atoms with Crippen LogP contribution in [0.1, 0.15) is 20.8 Å². The van der Waals surface area contributed by atoms with Gasteiger partial charge in [-0.25, -0.2) is 0 Å². The van der Waals surface area contributed by atoms with Crippen LogP contribution in [0.25, 0.3) is 0 Å². The van der Waals surface area contributed by atoms with Gasteiger partial charge in [0.1, 0.15) is 0 Å². The predicted octanol–water partition coefficient (Wildman–Crippen LogP) is -12.3. The molecule has 3 nitrogen and oxygen atoms in total. The number of carbonyl (C=O) groups excluding carboxylic acids is 3. The van der Waals surface area contributed by atoms with Gasteiger partial charge in [-0.15, -0.1) is 0 Å². The Morgan fingerprint density at radius 2 is 0.600 bits per heavy atom. The minimum Gasteiger partial charge on any atom is -0.348 e. The quantitative estimate of drug-likeness (QED) is 0.395. The first-order chi connectivity index (χ1) is 5.20. The van der Waals surface area contributed by atoms with Crippen molar-refractivity contribution in [2.24, 2.45) is 0 Å². The standard InChI is InChI=1S/3C2H6BO.3Na/c3*1-2(3)4;;;/h3*1,3H3;;;/q3*-1;3*+1. The van der Waals surface area contributed by atoms with E-state index >= 15 is 0 Å². The van der Waals surface area contributed by atoms with Gasteiger partial charge in [-0.2, -0.15) is 0 Å². The fourth-order valence-corrected chi connectivity index (χ4v) is 0. The van der Waals surface area contributed by atoms with E-state index in [-0.39, 0.29) is 112 Å². The molecule has 0 amide bonds. The second-order valence-electron chi connectivity index (χ2n) is 0.612. The third-order valence-corrected chi connectivity index (χ3v) is 0. The monoisotopic (exact) mass is 240 g/mol. The molecule has 0 unspecified atom stereocenters. The molecule has 0 heterocycles. The third kappa shape index (κ3) is 673. The summed E-state index contributed by atoms with van der Waals surface area (Å²) in [6, 6.07) is 0. The van der Waals surface area contributed by atoms with Crippen molar-refractivity contribution in [3.05, 3.63) is 0 Å². The fraction of sp³-hybridized carbons (Fsp3) is 0.500. The smallest absolute Gasteiger partial charge is 0.348 e. The van der Waals surface area contributed by atoms with Crippen molar-refractivity contribution < 1.29 is 103 Å². The molecule has 9 heteroatoms. The molecule has 15 heavy (non-hydrogen) atoms. The van der Waals surface area contributed by atoms with E-state index in [1.807, 2.05) is 0 Å². The molecule has 0 aromatic carbocycles. The minimum absolute atomic E-state index is 0. The molecule has 0 aromatic heterocycles. The van der Waals surface area contributed by atoms with Crippen LogP contribution in [0.3, 0.4) is 0 Å². The van der Waals surface area contributed by atoms with Gasteiger partial charge < -0.3 is 14.4 Å². The largest absolute Gasteiger partial charge is 1.00 e. The Labute approximate surface area is 162 Å². The summed E-state index contributed by atoms with van der Waals surface area (Å²) in [6.45, 7) is 4.92. The summed E-state index contributed by atoms with van der Waals surface area (Å²) in [4.78, 5) is 28.7. The van der Waals surface area contributed by atoms with E-state index in [9.17, 15) is 14.4 Å². The van der Waals surface area contributed by atoms with Gasteiger partial charge in [0.2, 0.25) is 0 Å². The van der Waals surface area contributed by atoms with Crippen LogP contribution in [0.2, 0.25) is 0 Å². The molecule has 0 aromatic rings. The van der Waals surface area contributed by atoms with Crippen molar-refractivity contribution in [1.82, 2.24) is 0 Å². The van der Waals surface area contributed by atoms with Crippen molar-refractivity contribution in [3.63, 3.8) is 0 Å². The van der Waals surface area contributed by atoms with Gasteiger partial charge in [-0.1, -0.05) is 0 Å². The minimum atomic E-state index is 0. The number of hydrogen-bond acceptors (Lipinski definition) is 3. The van der Waals surface area contributed by atoms with E-state index in [1.54, 1.807) is 20.8 Å². The van der Waals surface area contributed by atoms with E-state index in [1.165, 1.54) is 0 Å². The van der Waals surface area contributed by atoms with E-state index in [2.05, 4.69) is 0 Å². The molecule has 0 saturated heterocycles. The van der Waals surface area contributed by atoms with Gasteiger partial charge in [0, 0.05) is 23.5 Å². The molecule has 72 valence electrons. The Morgan fingerprint density at radius 1 is 0.600 bits per heavy atom. The van der Waals surface area contributed by atoms with Crippen LogP contribution in [0, 0.1) is 0 Å². The summed E-state index contributed by atoms with van der Waals surface area (Å²) >= 11 is 0. The molecule has 0 bridgehead atoms. The van der Waals surface area contributed by atoms with Gasteiger partial charge >= 0.3 is 88.7 Å². The van der Waals surface area contributed by atoms with Crippen molar-refractivity contribution in [3.8, 4) is 0 Å². The maximum absolute atomic E-state index is 9.56. The van der Waals surface area contributed by atoms with Crippen LogP contribution in [0.5, 0.6) is 0 Å². The molecular formula is C6H18B3Na3O3. The van der Waals surface area contributed by atoms with Crippen molar-refractivity contribution in [2.45, 2.75) is 20.8 Å². The Morgan fingerprint density at radius 3 is 0.600 bits per heavy atom. The summed E-state index contributed by atoms with van der Waals surface area (Å²) in [5.74, 6) is 0. The molecule has 0 spiro atoms. The van der Waals surface area contributed by atoms with E-state index in [4.69, 9.17) is 0 Å². The second kappa shape index (κ2) is 29.8. The van der Waals surface area contributed by atoms with E-state index < -0.39 is 0 Å². The van der Waals surface area contributed by atoms with E-state index in [0.29, 0.717) is 17.0 Å². The molecule has 0 fully saturated rings. The van der Waals surface area contributed by atoms with Gasteiger partial charge in [-0.3, -0.25) is 0 Å². The van der Waals surface area contributed by atoms with Crippen LogP contribution in [0.4, 0.5) is 0 Å². The van der Waals surface area contributed by atoms with Crippen LogP contribution in [-0.2, 0) is 14.4 Å². The molecule has 0 aliphatic rings. The molecule has 0 aliphatic carbocycles. The Balaban J connectivity index is -0.0000000184. The zero-order valence-electron chi connectivity index (χ0n) is 8.72. The van der Waals surface area contributed by atoms with Crippen molar-refractivity contribution >= 4 is 40.6 Å². The second-order valence-corrected chi connectivity index (χ2v) is 0.612. The van der Waals surface area contributed by atoms with E-state index in [0.717, 1.165) is 0 Å². The number of carbonyl (C=O) groups is 3. The zero-order valence-corrected chi connectivity index (χ0v) is 14.7. The predicted molar refractivity (Wildman–Crippen MR) is 61.9 cm³/mol. The van der Waals surface area contributed by atoms with Gasteiger partial charge in [-0.05, 0) is 37.8 Å². The van der Waals surface area contributed by atoms with Crippen molar-refractivity contribution in [2.75, 3.05) is 0 Å². The first-order valence-electron chi connectivity index (χ1n) is 2.11. The van der Waals surface area contributed by atoms with Gasteiger partial charge in [0.25, 0.3) is 0 Å². The number of hydrogen-bond donors (Lipinski definition) is 0. The topological polar surface area (TPSA) is 51.2 Å². The molecule has 0 saturated carbocycles. The summed E-state index contributed by atoms with van der Waals surface area (Å²) in [7, 11) is 0.167. The van der Waals surface area contributed by atoms with Gasteiger partial charge in [0.15, 0.2) is 0 Å². The molecule has 0 atom stereocenters. The van der Waals surface area contributed by atoms with Gasteiger partial charge in [0.05, 0.1) is 0 Å². The average molecular weight is 240 g/mol. The van der Waals surface area contributed by atoms with Crippen molar-refractivity contribution in [1.29, 1.82) is 0 Å².